The van der Waals surface area contributed by atoms with E-state index in [1.165, 1.54) is 6.07 Å². The van der Waals surface area contributed by atoms with E-state index in [1.807, 2.05) is 37.3 Å². The molecule has 1 unspecified atom stereocenters. The van der Waals surface area contributed by atoms with E-state index in [0.29, 0.717) is 25.2 Å². The first-order valence-electron chi connectivity index (χ1n) is 8.71. The molecule has 3 amide bonds. The lowest BCUT2D eigenvalue weighted by Gasteiger charge is -2.32. The third-order valence-corrected chi connectivity index (χ3v) is 4.48. The van der Waals surface area contributed by atoms with Crippen molar-refractivity contribution in [1.29, 1.82) is 0 Å². The first kappa shape index (κ1) is 17.9. The molecule has 1 aliphatic heterocycles. The molecular weight excluding hydrogens is 333 g/mol. The van der Waals surface area contributed by atoms with Gasteiger partial charge in [-0.05, 0) is 49.6 Å². The van der Waals surface area contributed by atoms with E-state index in [1.54, 1.807) is 17.0 Å². The Balaban J connectivity index is 1.61. The van der Waals surface area contributed by atoms with Crippen LogP contribution in [0.1, 0.15) is 18.4 Å². The molecule has 1 heterocycles. The number of halogens is 1. The molecule has 5 nitrogen and oxygen atoms in total. The first-order valence-corrected chi connectivity index (χ1v) is 8.71. The van der Waals surface area contributed by atoms with Gasteiger partial charge in [-0.1, -0.05) is 24.3 Å². The van der Waals surface area contributed by atoms with Gasteiger partial charge >= 0.3 is 6.03 Å². The van der Waals surface area contributed by atoms with Gasteiger partial charge in [0, 0.05) is 18.8 Å². The number of amides is 3. The summed E-state index contributed by atoms with van der Waals surface area (Å²) in [6.07, 6.45) is 1.41. The Morgan fingerprint density at radius 1 is 1.12 bits per heavy atom. The number of nitrogens with one attached hydrogen (secondary N) is 2. The Morgan fingerprint density at radius 2 is 1.88 bits per heavy atom. The number of carbonyl (C=O) groups excluding carboxylic acids is 2. The molecule has 0 bridgehead atoms. The van der Waals surface area contributed by atoms with Crippen molar-refractivity contribution in [2.75, 3.05) is 23.7 Å². The average molecular weight is 355 g/mol. The second-order valence-corrected chi connectivity index (χ2v) is 6.55. The van der Waals surface area contributed by atoms with E-state index < -0.39 is 5.82 Å². The summed E-state index contributed by atoms with van der Waals surface area (Å²) in [6.45, 7) is 2.75. The molecule has 2 N–H and O–H groups in total. The summed E-state index contributed by atoms with van der Waals surface area (Å²) in [5.74, 6) is -1.07. The number of hydrogen-bond acceptors (Lipinski definition) is 2. The molecule has 2 aromatic rings. The molecule has 0 radical (unpaired) electrons. The number of aryl methyl sites for hydroxylation is 1. The fourth-order valence-corrected chi connectivity index (χ4v) is 3.07. The fourth-order valence-electron chi connectivity index (χ4n) is 3.07. The van der Waals surface area contributed by atoms with Gasteiger partial charge in [0.1, 0.15) is 5.82 Å². The van der Waals surface area contributed by atoms with Gasteiger partial charge in [-0.2, -0.15) is 0 Å². The maximum atomic E-state index is 13.9. The highest BCUT2D eigenvalue weighted by atomic mass is 19.1. The van der Waals surface area contributed by atoms with E-state index in [2.05, 4.69) is 10.6 Å². The topological polar surface area (TPSA) is 61.4 Å². The van der Waals surface area contributed by atoms with E-state index >= 15 is 0 Å². The van der Waals surface area contributed by atoms with Crippen molar-refractivity contribution in [3.63, 3.8) is 0 Å². The van der Waals surface area contributed by atoms with Crippen LogP contribution < -0.4 is 10.6 Å². The SMILES string of the molecule is Cc1ccc(F)c(NC(=O)C2CCCN(C(=O)Nc3ccccc3)C2)c1. The molecule has 1 fully saturated rings. The van der Waals surface area contributed by atoms with Crippen LogP contribution in [0.25, 0.3) is 0 Å². The van der Waals surface area contributed by atoms with Crippen LogP contribution in [0.3, 0.4) is 0 Å². The van der Waals surface area contributed by atoms with Crippen LogP contribution >= 0.6 is 0 Å². The summed E-state index contributed by atoms with van der Waals surface area (Å²) in [7, 11) is 0. The maximum Gasteiger partial charge on any atom is 0.321 e. The number of hydrogen-bond donors (Lipinski definition) is 2. The van der Waals surface area contributed by atoms with Crippen molar-refractivity contribution in [3.8, 4) is 0 Å². The Bertz CT molecular complexity index is 795. The minimum Gasteiger partial charge on any atom is -0.324 e. The van der Waals surface area contributed by atoms with E-state index in [-0.39, 0.29) is 23.5 Å². The normalized spacial score (nSPS) is 16.8. The van der Waals surface area contributed by atoms with Gasteiger partial charge in [-0.25, -0.2) is 9.18 Å². The Labute approximate surface area is 152 Å². The number of benzene rings is 2. The van der Waals surface area contributed by atoms with Gasteiger partial charge in [0.2, 0.25) is 5.91 Å². The quantitative estimate of drug-likeness (QED) is 0.874. The number of carbonyl (C=O) groups is 2. The molecule has 6 heteroatoms. The van der Waals surface area contributed by atoms with Crippen molar-refractivity contribution in [2.45, 2.75) is 19.8 Å². The number of nitrogens with zero attached hydrogens (tertiary/aromatic N) is 1. The van der Waals surface area contributed by atoms with Gasteiger partial charge in [0.05, 0.1) is 11.6 Å². The van der Waals surface area contributed by atoms with Crippen LogP contribution in [0.15, 0.2) is 48.5 Å². The monoisotopic (exact) mass is 355 g/mol. The number of urea groups is 1. The molecule has 1 atom stereocenters. The first-order chi connectivity index (χ1) is 12.5. The Kier molecular flexibility index (Phi) is 5.51. The van der Waals surface area contributed by atoms with Crippen molar-refractivity contribution in [3.05, 3.63) is 59.9 Å². The minimum absolute atomic E-state index is 0.181. The third-order valence-electron chi connectivity index (χ3n) is 4.48. The second-order valence-electron chi connectivity index (χ2n) is 6.55. The van der Waals surface area contributed by atoms with Crippen LogP contribution in [0, 0.1) is 18.7 Å². The van der Waals surface area contributed by atoms with Gasteiger partial charge in [0.25, 0.3) is 0 Å². The molecule has 0 saturated carbocycles. The smallest absolute Gasteiger partial charge is 0.321 e. The van der Waals surface area contributed by atoms with Crippen LogP contribution in [0.5, 0.6) is 0 Å². The molecule has 0 spiro atoms. The fraction of sp³-hybridized carbons (Fsp3) is 0.300. The van der Waals surface area contributed by atoms with Gasteiger partial charge < -0.3 is 15.5 Å². The van der Waals surface area contributed by atoms with Crippen LogP contribution in [0.2, 0.25) is 0 Å². The standard InChI is InChI=1S/C20H22FN3O2/c1-14-9-10-17(21)18(12-14)23-19(25)15-6-5-11-24(13-15)20(26)22-16-7-3-2-4-8-16/h2-4,7-10,12,15H,5-6,11,13H2,1H3,(H,22,26)(H,23,25). The predicted octanol–water partition coefficient (Wildman–Crippen LogP) is 4.02. The number of anilines is 2. The Morgan fingerprint density at radius 3 is 2.65 bits per heavy atom. The lowest BCUT2D eigenvalue weighted by atomic mass is 9.97. The molecule has 26 heavy (non-hydrogen) atoms. The predicted molar refractivity (Wildman–Crippen MR) is 99.5 cm³/mol. The maximum absolute atomic E-state index is 13.9. The lowest BCUT2D eigenvalue weighted by molar-refractivity contribution is -0.121. The zero-order chi connectivity index (χ0) is 18.5. The molecular formula is C20H22FN3O2. The van der Waals surface area contributed by atoms with Crippen molar-refractivity contribution in [2.24, 2.45) is 5.92 Å². The number of likely N-dealkylation sites (tertiary alicyclic amines) is 1. The van der Waals surface area contributed by atoms with Gasteiger partial charge in [0.15, 0.2) is 0 Å². The number of piperidine rings is 1. The van der Waals surface area contributed by atoms with Crippen LogP contribution in [-0.4, -0.2) is 29.9 Å². The second kappa shape index (κ2) is 7.99. The highest BCUT2D eigenvalue weighted by Crippen LogP contribution is 2.22. The van der Waals surface area contributed by atoms with Crippen molar-refractivity contribution < 1.29 is 14.0 Å². The highest BCUT2D eigenvalue weighted by molar-refractivity contribution is 5.94. The molecule has 0 aromatic heterocycles. The average Bonchev–Trinajstić information content (AvgIpc) is 2.65. The van der Waals surface area contributed by atoms with E-state index in [9.17, 15) is 14.0 Å². The number of para-hydroxylation sites is 1. The van der Waals surface area contributed by atoms with Gasteiger partial charge in [-0.3, -0.25) is 4.79 Å². The molecule has 3 rings (SSSR count). The minimum atomic E-state index is -0.460. The molecule has 1 saturated heterocycles. The van der Waals surface area contributed by atoms with E-state index in [0.717, 1.165) is 12.0 Å². The molecule has 1 aliphatic rings. The summed E-state index contributed by atoms with van der Waals surface area (Å²) >= 11 is 0. The lowest BCUT2D eigenvalue weighted by Crippen LogP contribution is -2.45. The van der Waals surface area contributed by atoms with Crippen LogP contribution in [0.4, 0.5) is 20.6 Å². The zero-order valence-electron chi connectivity index (χ0n) is 14.7. The van der Waals surface area contributed by atoms with E-state index in [4.69, 9.17) is 0 Å². The van der Waals surface area contributed by atoms with Crippen LogP contribution in [-0.2, 0) is 4.79 Å². The molecule has 0 aliphatic carbocycles. The summed E-state index contributed by atoms with van der Waals surface area (Å²) in [5.41, 5.74) is 1.76. The largest absolute Gasteiger partial charge is 0.324 e. The summed E-state index contributed by atoms with van der Waals surface area (Å²) in [4.78, 5) is 26.6. The van der Waals surface area contributed by atoms with Crippen molar-refractivity contribution in [1.82, 2.24) is 4.90 Å². The molecule has 136 valence electrons. The van der Waals surface area contributed by atoms with Gasteiger partial charge in [-0.15, -0.1) is 0 Å². The summed E-state index contributed by atoms with van der Waals surface area (Å²) in [5, 5.41) is 5.49. The summed E-state index contributed by atoms with van der Waals surface area (Å²) in [6, 6.07) is 13.6. The molecule has 2 aromatic carbocycles. The third kappa shape index (κ3) is 4.39. The highest BCUT2D eigenvalue weighted by Gasteiger charge is 2.29. The van der Waals surface area contributed by atoms with Crippen molar-refractivity contribution >= 4 is 23.3 Å². The zero-order valence-corrected chi connectivity index (χ0v) is 14.7. The number of rotatable bonds is 3. The Hall–Kier alpha value is -2.89. The summed E-state index contributed by atoms with van der Waals surface area (Å²) < 4.78 is 13.9.